The third-order valence-corrected chi connectivity index (χ3v) is 2.51. The van der Waals surface area contributed by atoms with Gasteiger partial charge in [-0.1, -0.05) is 6.07 Å². The molecule has 22 heavy (non-hydrogen) atoms. The number of urea groups is 1. The average molecular weight is 374 g/mol. The number of anilines is 1. The molecule has 2 N–H and O–H groups in total. The summed E-state index contributed by atoms with van der Waals surface area (Å²) in [6, 6.07) is 8.85. The third-order valence-electron chi connectivity index (χ3n) is 2.51. The number of hydrogen-bond acceptors (Lipinski definition) is 4. The monoisotopic (exact) mass is 372 g/mol. The number of hydrogen-bond donors (Lipinski definition) is 2. The fourth-order valence-electron chi connectivity index (χ4n) is 1.53. The van der Waals surface area contributed by atoms with Gasteiger partial charge in [0.25, 0.3) is 5.69 Å². The summed E-state index contributed by atoms with van der Waals surface area (Å²) >= 11 is 0. The Morgan fingerprint density at radius 2 is 1.91 bits per heavy atom. The van der Waals surface area contributed by atoms with Crippen LogP contribution in [0.3, 0.4) is 0 Å². The molecule has 112 valence electrons. The predicted octanol–water partition coefficient (Wildman–Crippen LogP) is 2.73. The maximum atomic E-state index is 11.6. The van der Waals surface area contributed by atoms with Crippen LogP contribution in [0.5, 0.6) is 0 Å². The number of nitrogens with one attached hydrogen (secondary N) is 2. The van der Waals surface area contributed by atoms with E-state index in [0.29, 0.717) is 12.2 Å². The number of halogens is 1. The fraction of sp³-hybridized carbons (Fsp3) is 0.0769. The van der Waals surface area contributed by atoms with E-state index in [-0.39, 0.29) is 43.6 Å². The van der Waals surface area contributed by atoms with E-state index in [1.165, 1.54) is 24.3 Å². The molecule has 0 radical (unpaired) electrons. The van der Waals surface area contributed by atoms with E-state index >= 15 is 0 Å². The molecule has 1 aromatic heterocycles. The second-order valence-corrected chi connectivity index (χ2v) is 3.97. The van der Waals surface area contributed by atoms with Crippen LogP contribution in [0.1, 0.15) is 5.56 Å². The van der Waals surface area contributed by atoms with Crippen molar-refractivity contribution in [2.75, 3.05) is 5.32 Å². The molecule has 0 atom stereocenters. The van der Waals surface area contributed by atoms with Gasteiger partial charge in [-0.3, -0.25) is 15.1 Å². The zero-order chi connectivity index (χ0) is 14.4. The van der Waals surface area contributed by atoms with Crippen molar-refractivity contribution >= 4 is 29.8 Å². The fourth-order valence-corrected chi connectivity index (χ4v) is 1.53. The summed E-state index contributed by atoms with van der Waals surface area (Å²) in [6.07, 6.45) is 3.31. The first-order chi connectivity index (χ1) is 9.65. The number of benzene rings is 1. The first-order valence-electron chi connectivity index (χ1n) is 5.83. The Balaban J connectivity index is 0.00000220. The largest absolute Gasteiger partial charge is 0.334 e. The van der Waals surface area contributed by atoms with Crippen molar-refractivity contribution in [2.45, 2.75) is 6.54 Å². The maximum Gasteiger partial charge on any atom is 0.319 e. The number of non-ortho nitro benzene ring substituents is 1. The maximum absolute atomic E-state index is 11.6. The van der Waals surface area contributed by atoms with Crippen LogP contribution in [0.2, 0.25) is 0 Å². The van der Waals surface area contributed by atoms with Gasteiger partial charge in [-0.15, -0.1) is 12.4 Å². The molecule has 0 saturated carbocycles. The van der Waals surface area contributed by atoms with Crippen molar-refractivity contribution in [2.24, 2.45) is 0 Å². The molecular weight excluding hydrogens is 361 g/mol. The predicted molar refractivity (Wildman–Crippen MR) is 80.4 cm³/mol. The number of amides is 2. The molecule has 1 heterocycles. The molecule has 7 nitrogen and oxygen atoms in total. The van der Waals surface area contributed by atoms with Crippen LogP contribution < -0.4 is 10.6 Å². The van der Waals surface area contributed by atoms with Gasteiger partial charge in [-0.2, -0.15) is 0 Å². The van der Waals surface area contributed by atoms with Crippen molar-refractivity contribution < 1.29 is 29.2 Å². The number of rotatable bonds is 4. The van der Waals surface area contributed by atoms with Crippen LogP contribution in [-0.4, -0.2) is 15.9 Å². The summed E-state index contributed by atoms with van der Waals surface area (Å²) in [5.41, 5.74) is 1.34. The molecule has 2 amide bonds. The van der Waals surface area contributed by atoms with Crippen molar-refractivity contribution in [3.8, 4) is 0 Å². The summed E-state index contributed by atoms with van der Waals surface area (Å²) in [4.78, 5) is 25.6. The topological polar surface area (TPSA) is 97.2 Å². The molecule has 0 aliphatic carbocycles. The van der Waals surface area contributed by atoms with Crippen molar-refractivity contribution in [1.82, 2.24) is 10.3 Å². The average Bonchev–Trinajstić information content (AvgIpc) is 2.47. The Kier molecular flexibility index (Phi) is 8.90. The van der Waals surface area contributed by atoms with Gasteiger partial charge in [0.15, 0.2) is 0 Å². The minimum absolute atomic E-state index is 0. The zero-order valence-corrected chi connectivity index (χ0v) is 15.3. The minimum atomic E-state index is -0.494. The number of nitrogens with zero attached hydrogens (tertiary/aromatic N) is 2. The summed E-state index contributed by atoms with van der Waals surface area (Å²) in [7, 11) is 0. The second kappa shape index (κ2) is 9.81. The smallest absolute Gasteiger partial charge is 0.319 e. The molecule has 9 heteroatoms. The van der Waals surface area contributed by atoms with Crippen molar-refractivity contribution in [3.05, 3.63) is 64.5 Å². The third kappa shape index (κ3) is 6.16. The zero-order valence-electron chi connectivity index (χ0n) is 11.6. The molecule has 0 bridgehead atoms. The summed E-state index contributed by atoms with van der Waals surface area (Å²) in [5.74, 6) is 0. The van der Waals surface area contributed by atoms with Crippen LogP contribution in [0, 0.1) is 10.1 Å². The number of nitro groups is 1. The summed E-state index contributed by atoms with van der Waals surface area (Å²) in [6.45, 7) is 0.354. The van der Waals surface area contributed by atoms with Gasteiger partial charge in [-0.05, 0) is 23.8 Å². The van der Waals surface area contributed by atoms with Crippen LogP contribution in [0.25, 0.3) is 0 Å². The van der Waals surface area contributed by atoms with Crippen molar-refractivity contribution in [1.29, 1.82) is 0 Å². The van der Waals surface area contributed by atoms with E-state index in [2.05, 4.69) is 15.6 Å². The van der Waals surface area contributed by atoms with Crippen LogP contribution in [-0.2, 0) is 26.0 Å². The van der Waals surface area contributed by atoms with E-state index in [1.54, 1.807) is 18.5 Å². The molecule has 0 spiro atoms. The summed E-state index contributed by atoms with van der Waals surface area (Å²) in [5, 5.41) is 15.7. The van der Waals surface area contributed by atoms with Gasteiger partial charge in [0, 0.05) is 56.2 Å². The van der Waals surface area contributed by atoms with Crippen molar-refractivity contribution in [3.63, 3.8) is 0 Å². The van der Waals surface area contributed by atoms with Gasteiger partial charge < -0.3 is 10.6 Å². The Bertz CT molecular complexity index is 610. The van der Waals surface area contributed by atoms with Gasteiger partial charge >= 0.3 is 6.03 Å². The number of carbonyl (C=O) groups is 1. The normalized spacial score (nSPS) is 8.91. The van der Waals surface area contributed by atoms with Gasteiger partial charge in [0.1, 0.15) is 0 Å². The minimum Gasteiger partial charge on any atom is -0.334 e. The van der Waals surface area contributed by atoms with E-state index in [0.717, 1.165) is 5.56 Å². The quantitative estimate of drug-likeness (QED) is 0.489. The summed E-state index contributed by atoms with van der Waals surface area (Å²) < 4.78 is 0. The molecule has 2 rings (SSSR count). The van der Waals surface area contributed by atoms with E-state index in [9.17, 15) is 14.9 Å². The Hall–Kier alpha value is -2.05. The second-order valence-electron chi connectivity index (χ2n) is 3.97. The van der Waals surface area contributed by atoms with Crippen LogP contribution in [0.4, 0.5) is 16.2 Å². The van der Waals surface area contributed by atoms with Gasteiger partial charge in [-0.25, -0.2) is 4.79 Å². The first kappa shape index (κ1) is 20.0. The Morgan fingerprint density at radius 1 is 1.23 bits per heavy atom. The number of nitro benzene ring substituents is 1. The van der Waals surface area contributed by atoms with E-state index in [1.807, 2.05) is 6.07 Å². The van der Waals surface area contributed by atoms with E-state index in [4.69, 9.17) is 0 Å². The first-order valence-corrected chi connectivity index (χ1v) is 5.83. The van der Waals surface area contributed by atoms with Crippen LogP contribution in [0.15, 0.2) is 48.8 Å². The molecule has 0 unspecified atom stereocenters. The molecule has 0 fully saturated rings. The molecule has 0 aliphatic heterocycles. The number of pyridine rings is 1. The Labute approximate surface area is 145 Å². The van der Waals surface area contributed by atoms with Crippen LogP contribution >= 0.6 is 12.4 Å². The van der Waals surface area contributed by atoms with E-state index < -0.39 is 4.92 Å². The molecule has 2 aromatic rings. The number of aromatic nitrogens is 1. The molecular formula is C13H13ClN4O3Zn. The molecule has 0 saturated heterocycles. The standard InChI is InChI=1S/C13H12N4O3.ClH.Zn/c18-13(15-9-10-2-1-7-14-8-10)16-11-3-5-12(6-4-11)17(19)20;;/h1-8H,9H2,(H2,15,16,18);1H;. The number of carbonyl (C=O) groups excluding carboxylic acids is 1. The van der Waals surface area contributed by atoms with Gasteiger partial charge in [0.05, 0.1) is 4.92 Å². The Morgan fingerprint density at radius 3 is 2.45 bits per heavy atom. The molecule has 1 aromatic carbocycles. The molecule has 0 aliphatic rings. The SMILES string of the molecule is Cl.O=C(NCc1cccnc1)Nc1ccc([N+](=O)[O-])cc1.[Zn]. The van der Waals surface area contributed by atoms with Gasteiger partial charge in [0.2, 0.25) is 0 Å².